The molecule has 0 fully saturated rings. The molecule has 0 radical (unpaired) electrons. The molecule has 2 aromatic carbocycles. The predicted octanol–water partition coefficient (Wildman–Crippen LogP) is 6.46. The fourth-order valence-corrected chi connectivity index (χ4v) is 3.42. The van der Waals surface area contributed by atoms with Crippen LogP contribution in [-0.2, 0) is 0 Å². The quantitative estimate of drug-likeness (QED) is 0.421. The van der Waals surface area contributed by atoms with Gasteiger partial charge >= 0.3 is 0 Å². The van der Waals surface area contributed by atoms with Crippen LogP contribution < -0.4 is 0 Å². The topological polar surface area (TPSA) is 42.3 Å². The van der Waals surface area contributed by atoms with Crippen molar-refractivity contribution in [2.45, 2.75) is 25.3 Å². The Labute approximate surface area is 164 Å². The molecule has 1 aromatic heterocycles. The number of nitroso groups, excluding NO2 is 1. The summed E-state index contributed by atoms with van der Waals surface area (Å²) in [6, 6.07) is 13.8. The van der Waals surface area contributed by atoms with Crippen molar-refractivity contribution in [3.05, 3.63) is 104 Å². The monoisotopic (exact) mass is 430 g/mol. The Bertz CT molecular complexity index is 947. The highest BCUT2D eigenvalue weighted by Gasteiger charge is 2.25. The molecule has 3 aromatic rings. The maximum Gasteiger partial charge on any atom is 0.129 e. The van der Waals surface area contributed by atoms with Gasteiger partial charge in [-0.1, -0.05) is 39.3 Å². The highest BCUT2D eigenvalue weighted by Crippen LogP contribution is 2.37. The molecular weight excluding hydrogens is 414 g/mol. The van der Waals surface area contributed by atoms with E-state index < -0.39 is 23.6 Å². The van der Waals surface area contributed by atoms with Gasteiger partial charge in [-0.25, -0.2) is 8.78 Å². The summed E-state index contributed by atoms with van der Waals surface area (Å²) in [7, 11) is 0. The van der Waals surface area contributed by atoms with Crippen molar-refractivity contribution in [3.63, 3.8) is 0 Å². The second-order valence-electron chi connectivity index (χ2n) is 6.36. The standard InChI is InChI=1S/C21H17BrF2N2O/c1-13-10-15(8-9-25-13)21(26-27)12-19(14-2-4-16(22)5-3-14)18-7-6-17(23)11-20(18)24/h2-11,19,21H,12H2,1H3/t19-,21?/m1/s1. The lowest BCUT2D eigenvalue weighted by molar-refractivity contribution is 0.537. The minimum absolute atomic E-state index is 0.261. The van der Waals surface area contributed by atoms with Crippen molar-refractivity contribution < 1.29 is 8.78 Å². The minimum Gasteiger partial charge on any atom is -0.262 e. The van der Waals surface area contributed by atoms with E-state index in [1.54, 1.807) is 18.3 Å². The maximum atomic E-state index is 14.5. The van der Waals surface area contributed by atoms with Gasteiger partial charge in [-0.15, -0.1) is 0 Å². The lowest BCUT2D eigenvalue weighted by Gasteiger charge is -2.22. The van der Waals surface area contributed by atoms with Gasteiger partial charge in [0.05, 0.1) is 0 Å². The first-order valence-corrected chi connectivity index (χ1v) is 9.22. The van der Waals surface area contributed by atoms with Gasteiger partial charge in [0.1, 0.15) is 17.7 Å². The Morgan fingerprint density at radius 2 is 1.78 bits per heavy atom. The first kappa shape index (κ1) is 19.3. The first-order chi connectivity index (χ1) is 13.0. The Morgan fingerprint density at radius 3 is 2.41 bits per heavy atom. The molecule has 6 heteroatoms. The molecule has 3 rings (SSSR count). The molecule has 0 saturated carbocycles. The van der Waals surface area contributed by atoms with Crippen LogP contribution in [0, 0.1) is 23.5 Å². The highest BCUT2D eigenvalue weighted by molar-refractivity contribution is 9.10. The fourth-order valence-electron chi connectivity index (χ4n) is 3.16. The van der Waals surface area contributed by atoms with Crippen LogP contribution in [-0.4, -0.2) is 4.98 Å². The van der Waals surface area contributed by atoms with E-state index in [4.69, 9.17) is 0 Å². The van der Waals surface area contributed by atoms with Crippen LogP contribution in [0.3, 0.4) is 0 Å². The van der Waals surface area contributed by atoms with Crippen molar-refractivity contribution in [1.29, 1.82) is 0 Å². The van der Waals surface area contributed by atoms with Gasteiger partial charge in [0, 0.05) is 28.3 Å². The Kier molecular flexibility index (Phi) is 6.06. The summed E-state index contributed by atoms with van der Waals surface area (Å²) < 4.78 is 28.8. The van der Waals surface area contributed by atoms with Gasteiger partial charge < -0.3 is 0 Å². The van der Waals surface area contributed by atoms with Crippen LogP contribution in [0.25, 0.3) is 0 Å². The molecule has 2 atom stereocenters. The van der Waals surface area contributed by atoms with E-state index in [0.29, 0.717) is 5.56 Å². The molecule has 0 bridgehead atoms. The Balaban J connectivity index is 2.03. The number of rotatable bonds is 6. The summed E-state index contributed by atoms with van der Waals surface area (Å²) in [5.74, 6) is -1.73. The number of hydrogen-bond donors (Lipinski definition) is 0. The van der Waals surface area contributed by atoms with Gasteiger partial charge in [-0.2, -0.15) is 4.91 Å². The van der Waals surface area contributed by atoms with E-state index >= 15 is 0 Å². The second-order valence-corrected chi connectivity index (χ2v) is 7.27. The molecule has 1 heterocycles. The average Bonchev–Trinajstić information content (AvgIpc) is 2.64. The summed E-state index contributed by atoms with van der Waals surface area (Å²) >= 11 is 3.38. The molecule has 0 aliphatic rings. The van der Waals surface area contributed by atoms with Crippen molar-refractivity contribution in [1.82, 2.24) is 4.98 Å². The number of aryl methyl sites for hydroxylation is 1. The predicted molar refractivity (Wildman–Crippen MR) is 104 cm³/mol. The molecule has 0 N–H and O–H groups in total. The fraction of sp³-hybridized carbons (Fsp3) is 0.190. The highest BCUT2D eigenvalue weighted by atomic mass is 79.9. The van der Waals surface area contributed by atoms with Crippen molar-refractivity contribution in [3.8, 4) is 0 Å². The molecule has 0 aliphatic carbocycles. The van der Waals surface area contributed by atoms with Crippen LogP contribution in [0.5, 0.6) is 0 Å². The zero-order chi connectivity index (χ0) is 19.4. The number of aromatic nitrogens is 1. The minimum atomic E-state index is -0.676. The van der Waals surface area contributed by atoms with E-state index in [9.17, 15) is 13.7 Å². The average molecular weight is 431 g/mol. The number of halogens is 3. The largest absolute Gasteiger partial charge is 0.262 e. The summed E-state index contributed by atoms with van der Waals surface area (Å²) in [5.41, 5.74) is 2.65. The van der Waals surface area contributed by atoms with Gasteiger partial charge in [0.15, 0.2) is 0 Å². The molecule has 0 aliphatic heterocycles. The van der Waals surface area contributed by atoms with Crippen LogP contribution in [0.1, 0.15) is 40.8 Å². The van der Waals surface area contributed by atoms with E-state index in [-0.39, 0.29) is 6.42 Å². The summed E-state index contributed by atoms with van der Waals surface area (Å²) in [5, 5.41) is 3.27. The summed E-state index contributed by atoms with van der Waals surface area (Å²) in [6.45, 7) is 1.83. The molecular formula is C21H17BrF2N2O. The second kappa shape index (κ2) is 8.48. The molecule has 27 heavy (non-hydrogen) atoms. The zero-order valence-electron chi connectivity index (χ0n) is 14.6. The number of benzene rings is 2. The third-order valence-corrected chi connectivity index (χ3v) is 5.03. The first-order valence-electron chi connectivity index (χ1n) is 8.43. The van der Waals surface area contributed by atoms with E-state index in [2.05, 4.69) is 26.1 Å². The van der Waals surface area contributed by atoms with E-state index in [0.717, 1.165) is 27.4 Å². The molecule has 0 spiro atoms. The number of hydrogen-bond acceptors (Lipinski definition) is 3. The zero-order valence-corrected chi connectivity index (χ0v) is 16.2. The third kappa shape index (κ3) is 4.63. The number of pyridine rings is 1. The molecule has 138 valence electrons. The van der Waals surface area contributed by atoms with Gasteiger partial charge in [-0.05, 0) is 60.4 Å². The van der Waals surface area contributed by atoms with E-state index in [1.807, 2.05) is 31.2 Å². The summed E-state index contributed by atoms with van der Waals surface area (Å²) in [4.78, 5) is 15.7. The lowest BCUT2D eigenvalue weighted by Crippen LogP contribution is -2.09. The van der Waals surface area contributed by atoms with Crippen molar-refractivity contribution in [2.75, 3.05) is 0 Å². The van der Waals surface area contributed by atoms with Crippen LogP contribution in [0.15, 0.2) is 70.4 Å². The van der Waals surface area contributed by atoms with Crippen LogP contribution >= 0.6 is 15.9 Å². The smallest absolute Gasteiger partial charge is 0.129 e. The normalized spacial score (nSPS) is 13.2. The molecule has 3 nitrogen and oxygen atoms in total. The Morgan fingerprint density at radius 1 is 1.04 bits per heavy atom. The van der Waals surface area contributed by atoms with Gasteiger partial charge in [-0.3, -0.25) is 4.98 Å². The SMILES string of the molecule is Cc1cc(C(C[C@H](c2ccc(Br)cc2)c2ccc(F)cc2F)N=O)ccn1. The molecule has 0 amide bonds. The maximum absolute atomic E-state index is 14.5. The Hall–Kier alpha value is -2.47. The van der Waals surface area contributed by atoms with Crippen molar-refractivity contribution >= 4 is 15.9 Å². The lowest BCUT2D eigenvalue weighted by atomic mass is 9.84. The summed E-state index contributed by atoms with van der Waals surface area (Å²) in [6.07, 6.45) is 1.88. The number of nitrogens with zero attached hydrogens (tertiary/aromatic N) is 2. The molecule has 0 saturated heterocycles. The van der Waals surface area contributed by atoms with Gasteiger partial charge in [0.25, 0.3) is 0 Å². The van der Waals surface area contributed by atoms with Crippen molar-refractivity contribution in [2.24, 2.45) is 5.18 Å². The van der Waals surface area contributed by atoms with E-state index in [1.165, 1.54) is 12.1 Å². The van der Waals surface area contributed by atoms with Crippen LogP contribution in [0.4, 0.5) is 8.78 Å². The molecule has 1 unspecified atom stereocenters. The third-order valence-electron chi connectivity index (χ3n) is 4.50. The van der Waals surface area contributed by atoms with Crippen LogP contribution in [0.2, 0.25) is 0 Å². The van der Waals surface area contributed by atoms with Gasteiger partial charge in [0.2, 0.25) is 0 Å².